The summed E-state index contributed by atoms with van der Waals surface area (Å²) in [6.07, 6.45) is 0.765. The molecule has 1 aliphatic rings. The van der Waals surface area contributed by atoms with Crippen molar-refractivity contribution in [3.05, 3.63) is 12.3 Å². The van der Waals surface area contributed by atoms with Crippen molar-refractivity contribution in [3.8, 4) is 0 Å². The van der Waals surface area contributed by atoms with Crippen LogP contribution in [-0.2, 0) is 28.5 Å². The minimum atomic E-state index is -1.29. The summed E-state index contributed by atoms with van der Waals surface area (Å²) >= 11 is 0. The number of hydrogen-bond donors (Lipinski definition) is 0. The van der Waals surface area contributed by atoms with Gasteiger partial charge in [0.05, 0.1) is 14.2 Å². The highest BCUT2D eigenvalue weighted by molar-refractivity contribution is 5.86. The Balaban J connectivity index is 3.03. The first-order chi connectivity index (χ1) is 9.99. The number of carbonyl (C=O) groups excluding carboxylic acids is 3. The first kappa shape index (κ1) is 16.9. The quantitative estimate of drug-likeness (QED) is 0.612. The van der Waals surface area contributed by atoms with E-state index in [9.17, 15) is 14.4 Å². The number of methoxy groups -OCH3 is 4. The lowest BCUT2D eigenvalue weighted by Crippen LogP contribution is -2.58. The summed E-state index contributed by atoms with van der Waals surface area (Å²) < 4.78 is 19.2. The van der Waals surface area contributed by atoms with Crippen molar-refractivity contribution >= 4 is 18.0 Å². The number of ether oxygens (including phenoxy) is 4. The minimum Gasteiger partial charge on any atom is -0.468 e. The normalized spacial score (nSPS) is 19.4. The fraction of sp³-hybridized carbons (Fsp3) is 0.583. The van der Waals surface area contributed by atoms with Gasteiger partial charge in [0, 0.05) is 20.4 Å². The molecule has 1 rings (SSSR count). The molecular formula is C12H18N2O7. The monoisotopic (exact) mass is 302 g/mol. The Morgan fingerprint density at radius 2 is 1.90 bits per heavy atom. The molecule has 2 amide bonds. The molecule has 2 atom stereocenters. The number of rotatable bonds is 6. The molecule has 1 aliphatic heterocycles. The van der Waals surface area contributed by atoms with Crippen molar-refractivity contribution in [1.29, 1.82) is 0 Å². The molecule has 0 saturated carbocycles. The minimum absolute atomic E-state index is 0.295. The largest absolute Gasteiger partial charge is 0.468 e. The second-order valence-electron chi connectivity index (χ2n) is 3.97. The van der Waals surface area contributed by atoms with Crippen molar-refractivity contribution in [2.45, 2.75) is 12.5 Å². The van der Waals surface area contributed by atoms with Crippen LogP contribution in [0.25, 0.3) is 0 Å². The van der Waals surface area contributed by atoms with Gasteiger partial charge in [-0.25, -0.2) is 9.59 Å². The molecule has 9 heteroatoms. The number of esters is 2. The van der Waals surface area contributed by atoms with E-state index in [1.807, 2.05) is 0 Å². The summed E-state index contributed by atoms with van der Waals surface area (Å²) in [7, 11) is 5.01. The highest BCUT2D eigenvalue weighted by Gasteiger charge is 2.40. The molecule has 0 aliphatic carbocycles. The standard InChI is InChI=1S/C12H18N2O7/c1-18-8-5-6-13(7-9(15)19-2)12(17)14(8)10(20-3)11(16)21-4/h5-6,8,10H,7H2,1-4H3. The molecule has 118 valence electrons. The van der Waals surface area contributed by atoms with Crippen LogP contribution < -0.4 is 0 Å². The van der Waals surface area contributed by atoms with Crippen LogP contribution in [0.4, 0.5) is 4.79 Å². The summed E-state index contributed by atoms with van der Waals surface area (Å²) in [5.74, 6) is -1.36. The van der Waals surface area contributed by atoms with Crippen molar-refractivity contribution in [2.75, 3.05) is 35.0 Å². The Kier molecular flexibility index (Phi) is 6.12. The summed E-state index contributed by atoms with van der Waals surface area (Å²) in [5.41, 5.74) is 0. The van der Waals surface area contributed by atoms with Gasteiger partial charge in [0.25, 0.3) is 0 Å². The van der Waals surface area contributed by atoms with Crippen LogP contribution >= 0.6 is 0 Å². The SMILES string of the molecule is COC(=O)CN1C=CC(OC)N(C(OC)C(=O)OC)C1=O. The molecule has 0 spiro atoms. The molecule has 2 unspecified atom stereocenters. The summed E-state index contributed by atoms with van der Waals surface area (Å²) in [4.78, 5) is 37.5. The fourth-order valence-corrected chi connectivity index (χ4v) is 1.77. The van der Waals surface area contributed by atoms with Crippen LogP contribution in [0.3, 0.4) is 0 Å². The lowest BCUT2D eigenvalue weighted by Gasteiger charge is -2.38. The van der Waals surface area contributed by atoms with Gasteiger partial charge < -0.3 is 18.9 Å². The number of urea groups is 1. The highest BCUT2D eigenvalue weighted by Crippen LogP contribution is 2.19. The maximum atomic E-state index is 12.4. The Hall–Kier alpha value is -2.13. The molecule has 0 radical (unpaired) electrons. The molecule has 9 nitrogen and oxygen atoms in total. The van der Waals surface area contributed by atoms with Crippen molar-refractivity contribution in [2.24, 2.45) is 0 Å². The lowest BCUT2D eigenvalue weighted by molar-refractivity contribution is -0.171. The van der Waals surface area contributed by atoms with E-state index < -0.39 is 30.4 Å². The second-order valence-corrected chi connectivity index (χ2v) is 3.97. The number of carbonyl (C=O) groups is 3. The van der Waals surface area contributed by atoms with Gasteiger partial charge in [-0.2, -0.15) is 0 Å². The first-order valence-electron chi connectivity index (χ1n) is 5.97. The third-order valence-corrected chi connectivity index (χ3v) is 2.82. The predicted molar refractivity (Wildman–Crippen MR) is 68.7 cm³/mol. The third kappa shape index (κ3) is 3.70. The maximum absolute atomic E-state index is 12.4. The van der Waals surface area contributed by atoms with E-state index in [0.717, 1.165) is 9.80 Å². The zero-order valence-electron chi connectivity index (χ0n) is 12.3. The van der Waals surface area contributed by atoms with Crippen LogP contribution in [0.2, 0.25) is 0 Å². The van der Waals surface area contributed by atoms with Gasteiger partial charge in [0.15, 0.2) is 6.23 Å². The van der Waals surface area contributed by atoms with Crippen LogP contribution in [0.5, 0.6) is 0 Å². The molecule has 0 fully saturated rings. The zero-order valence-corrected chi connectivity index (χ0v) is 12.3. The topological polar surface area (TPSA) is 94.6 Å². The van der Waals surface area contributed by atoms with E-state index in [4.69, 9.17) is 9.47 Å². The molecule has 0 saturated heterocycles. The van der Waals surface area contributed by atoms with E-state index in [0.29, 0.717) is 0 Å². The zero-order chi connectivity index (χ0) is 16.0. The maximum Gasteiger partial charge on any atom is 0.356 e. The van der Waals surface area contributed by atoms with E-state index in [1.165, 1.54) is 40.7 Å². The molecular weight excluding hydrogens is 284 g/mol. The van der Waals surface area contributed by atoms with Gasteiger partial charge in [-0.15, -0.1) is 0 Å². The summed E-state index contributed by atoms with van der Waals surface area (Å²) in [5, 5.41) is 0. The van der Waals surface area contributed by atoms with Crippen LogP contribution in [0, 0.1) is 0 Å². The van der Waals surface area contributed by atoms with E-state index in [2.05, 4.69) is 9.47 Å². The molecule has 1 heterocycles. The Morgan fingerprint density at radius 3 is 2.38 bits per heavy atom. The third-order valence-electron chi connectivity index (χ3n) is 2.82. The number of nitrogens with zero attached hydrogens (tertiary/aromatic N) is 2. The molecule has 0 aromatic carbocycles. The summed E-state index contributed by atoms with van der Waals surface area (Å²) in [6.45, 7) is -0.295. The van der Waals surface area contributed by atoms with Crippen LogP contribution in [0.15, 0.2) is 12.3 Å². The Bertz CT molecular complexity index is 437. The van der Waals surface area contributed by atoms with E-state index >= 15 is 0 Å². The van der Waals surface area contributed by atoms with Gasteiger partial charge in [0.2, 0.25) is 6.23 Å². The average Bonchev–Trinajstić information content (AvgIpc) is 2.50. The first-order valence-corrected chi connectivity index (χ1v) is 5.97. The Labute approximate surface area is 122 Å². The molecule has 0 aromatic heterocycles. The summed E-state index contributed by atoms with van der Waals surface area (Å²) in [6, 6.07) is -0.646. The van der Waals surface area contributed by atoms with E-state index in [-0.39, 0.29) is 6.54 Å². The van der Waals surface area contributed by atoms with Crippen molar-refractivity contribution in [3.63, 3.8) is 0 Å². The fourth-order valence-electron chi connectivity index (χ4n) is 1.77. The van der Waals surface area contributed by atoms with Crippen molar-refractivity contribution in [1.82, 2.24) is 9.80 Å². The molecule has 0 bridgehead atoms. The molecule has 0 aromatic rings. The second kappa shape index (κ2) is 7.60. The van der Waals surface area contributed by atoms with E-state index in [1.54, 1.807) is 0 Å². The molecule has 21 heavy (non-hydrogen) atoms. The molecule has 0 N–H and O–H groups in total. The number of hydrogen-bond acceptors (Lipinski definition) is 7. The van der Waals surface area contributed by atoms with Gasteiger partial charge in [-0.1, -0.05) is 0 Å². The van der Waals surface area contributed by atoms with Crippen molar-refractivity contribution < 1.29 is 33.3 Å². The van der Waals surface area contributed by atoms with Gasteiger partial charge in [0.1, 0.15) is 6.54 Å². The van der Waals surface area contributed by atoms with Gasteiger partial charge >= 0.3 is 18.0 Å². The highest BCUT2D eigenvalue weighted by atomic mass is 16.6. The van der Waals surface area contributed by atoms with Gasteiger partial charge in [-0.3, -0.25) is 14.6 Å². The lowest BCUT2D eigenvalue weighted by atomic mass is 10.3. The van der Waals surface area contributed by atoms with Crippen LogP contribution in [-0.4, -0.2) is 75.2 Å². The van der Waals surface area contributed by atoms with Crippen LogP contribution in [0.1, 0.15) is 0 Å². The smallest absolute Gasteiger partial charge is 0.356 e. The number of amides is 2. The predicted octanol–water partition coefficient (Wildman–Crippen LogP) is -0.471. The van der Waals surface area contributed by atoms with Gasteiger partial charge in [-0.05, 0) is 6.08 Å². The average molecular weight is 302 g/mol. The Morgan fingerprint density at radius 1 is 1.24 bits per heavy atom.